The Balaban J connectivity index is 1.45. The Morgan fingerprint density at radius 2 is 2.00 bits per heavy atom. The van der Waals surface area contributed by atoms with Gasteiger partial charge in [-0.25, -0.2) is 0 Å². The van der Waals surface area contributed by atoms with Crippen LogP contribution >= 0.6 is 0 Å². The van der Waals surface area contributed by atoms with Crippen molar-refractivity contribution in [3.05, 3.63) is 35.4 Å². The summed E-state index contributed by atoms with van der Waals surface area (Å²) in [7, 11) is 5.45. The molecular weight excluding hydrogens is 362 g/mol. The summed E-state index contributed by atoms with van der Waals surface area (Å²) in [6.45, 7) is 6.80. The number of amides is 1. The van der Waals surface area contributed by atoms with E-state index in [0.29, 0.717) is 0 Å². The van der Waals surface area contributed by atoms with Crippen LogP contribution in [0, 0.1) is 5.92 Å². The molecule has 1 N–H and O–H groups in total. The molecule has 1 aromatic carbocycles. The van der Waals surface area contributed by atoms with E-state index in [2.05, 4.69) is 26.2 Å². The fourth-order valence-electron chi connectivity index (χ4n) is 4.45. The molecule has 160 valence electrons. The number of nitrogens with one attached hydrogen (secondary N) is 1. The second-order valence-corrected chi connectivity index (χ2v) is 8.59. The number of aliphatic imine (C=N–C) groups is 1. The summed E-state index contributed by atoms with van der Waals surface area (Å²) in [4.78, 5) is 23.3. The molecule has 6 heteroatoms. The number of carbonyl (C=O) groups excluding carboxylic acids is 1. The maximum absolute atomic E-state index is 12.2. The molecule has 1 atom stereocenters. The van der Waals surface area contributed by atoms with Gasteiger partial charge < -0.3 is 20.0 Å². The van der Waals surface area contributed by atoms with Crippen LogP contribution in [-0.4, -0.2) is 87.0 Å². The first-order valence-electron chi connectivity index (χ1n) is 11.1. The summed E-state index contributed by atoms with van der Waals surface area (Å²) in [6, 6.07) is 7.93. The number of benzene rings is 1. The molecule has 0 saturated carbocycles. The van der Waals surface area contributed by atoms with Gasteiger partial charge in [-0.15, -0.1) is 0 Å². The third-order valence-electron chi connectivity index (χ3n) is 6.04. The van der Waals surface area contributed by atoms with Gasteiger partial charge in [-0.05, 0) is 62.4 Å². The number of carbonyl (C=O) groups is 1. The lowest BCUT2D eigenvalue weighted by molar-refractivity contribution is 0.0827. The quantitative estimate of drug-likeness (QED) is 0.589. The van der Waals surface area contributed by atoms with Crippen molar-refractivity contribution in [2.45, 2.75) is 32.1 Å². The van der Waals surface area contributed by atoms with Crippen LogP contribution in [0.2, 0.25) is 0 Å². The highest BCUT2D eigenvalue weighted by atomic mass is 16.2. The van der Waals surface area contributed by atoms with E-state index in [0.717, 1.165) is 43.5 Å². The normalized spacial score (nSPS) is 20.7. The van der Waals surface area contributed by atoms with Gasteiger partial charge in [0.1, 0.15) is 0 Å². The molecule has 29 heavy (non-hydrogen) atoms. The lowest BCUT2D eigenvalue weighted by Gasteiger charge is -2.29. The Kier molecular flexibility index (Phi) is 7.92. The van der Waals surface area contributed by atoms with Crippen LogP contribution in [-0.2, 0) is 6.42 Å². The van der Waals surface area contributed by atoms with Crippen molar-refractivity contribution in [3.63, 3.8) is 0 Å². The van der Waals surface area contributed by atoms with Crippen molar-refractivity contribution in [1.82, 2.24) is 20.0 Å². The Hall–Kier alpha value is -2.08. The number of nitrogens with zero attached hydrogens (tertiary/aromatic N) is 4. The van der Waals surface area contributed by atoms with E-state index in [1.165, 1.54) is 50.9 Å². The van der Waals surface area contributed by atoms with Gasteiger partial charge in [0, 0.05) is 52.9 Å². The topological polar surface area (TPSA) is 51.2 Å². The molecule has 2 aliphatic rings. The SMILES string of the molecule is CN=C(NCCc1cccc(C(=O)N(C)C)c1)N1CCC(CN2CCCCC2)C1. The lowest BCUT2D eigenvalue weighted by Crippen LogP contribution is -2.42. The third-order valence-corrected chi connectivity index (χ3v) is 6.04. The number of hydrogen-bond donors (Lipinski definition) is 1. The van der Waals surface area contributed by atoms with Crippen LogP contribution in [0.25, 0.3) is 0 Å². The summed E-state index contributed by atoms with van der Waals surface area (Å²) in [6.07, 6.45) is 6.25. The Labute approximate surface area is 176 Å². The van der Waals surface area contributed by atoms with E-state index in [9.17, 15) is 4.79 Å². The zero-order valence-electron chi connectivity index (χ0n) is 18.4. The zero-order valence-corrected chi connectivity index (χ0v) is 18.4. The van der Waals surface area contributed by atoms with Crippen molar-refractivity contribution < 1.29 is 4.79 Å². The molecule has 0 aromatic heterocycles. The smallest absolute Gasteiger partial charge is 0.253 e. The maximum atomic E-state index is 12.2. The van der Waals surface area contributed by atoms with Crippen LogP contribution in [0.4, 0.5) is 0 Å². The highest BCUT2D eigenvalue weighted by Crippen LogP contribution is 2.20. The fourth-order valence-corrected chi connectivity index (χ4v) is 4.45. The molecule has 2 fully saturated rings. The monoisotopic (exact) mass is 399 g/mol. The predicted molar refractivity (Wildman–Crippen MR) is 119 cm³/mol. The molecular formula is C23H37N5O. The fraction of sp³-hybridized carbons (Fsp3) is 0.652. The van der Waals surface area contributed by atoms with Gasteiger partial charge in [-0.1, -0.05) is 18.6 Å². The summed E-state index contributed by atoms with van der Waals surface area (Å²) < 4.78 is 0. The van der Waals surface area contributed by atoms with Crippen molar-refractivity contribution in [1.29, 1.82) is 0 Å². The molecule has 1 amide bonds. The third kappa shape index (κ3) is 6.20. The maximum Gasteiger partial charge on any atom is 0.253 e. The van der Waals surface area contributed by atoms with E-state index in [-0.39, 0.29) is 5.91 Å². The van der Waals surface area contributed by atoms with E-state index in [4.69, 9.17) is 0 Å². The number of rotatable bonds is 6. The van der Waals surface area contributed by atoms with Gasteiger partial charge in [-0.2, -0.15) is 0 Å². The van der Waals surface area contributed by atoms with E-state index >= 15 is 0 Å². The molecule has 2 aliphatic heterocycles. The first-order valence-corrected chi connectivity index (χ1v) is 11.1. The number of guanidine groups is 1. The van der Waals surface area contributed by atoms with E-state index < -0.39 is 0 Å². The zero-order chi connectivity index (χ0) is 20.6. The Bertz CT molecular complexity index is 696. The van der Waals surface area contributed by atoms with Crippen molar-refractivity contribution in [3.8, 4) is 0 Å². The van der Waals surface area contributed by atoms with Gasteiger partial charge in [0.15, 0.2) is 5.96 Å². The molecule has 1 aromatic rings. The minimum Gasteiger partial charge on any atom is -0.356 e. The minimum absolute atomic E-state index is 0.0485. The number of likely N-dealkylation sites (tertiary alicyclic amines) is 2. The Morgan fingerprint density at radius 3 is 2.72 bits per heavy atom. The van der Waals surface area contributed by atoms with Gasteiger partial charge >= 0.3 is 0 Å². The second kappa shape index (κ2) is 10.6. The highest BCUT2D eigenvalue weighted by molar-refractivity contribution is 5.94. The largest absolute Gasteiger partial charge is 0.356 e. The molecule has 0 spiro atoms. The van der Waals surface area contributed by atoms with Crippen molar-refractivity contribution in [2.24, 2.45) is 10.9 Å². The Morgan fingerprint density at radius 1 is 1.21 bits per heavy atom. The highest BCUT2D eigenvalue weighted by Gasteiger charge is 2.26. The second-order valence-electron chi connectivity index (χ2n) is 8.59. The van der Waals surface area contributed by atoms with Crippen LogP contribution in [0.5, 0.6) is 0 Å². The first kappa shape index (κ1) is 21.6. The lowest BCUT2D eigenvalue weighted by atomic mass is 10.1. The number of hydrogen-bond acceptors (Lipinski definition) is 3. The van der Waals surface area contributed by atoms with Crippen LogP contribution in [0.3, 0.4) is 0 Å². The average Bonchev–Trinajstić information content (AvgIpc) is 3.19. The molecule has 2 heterocycles. The molecule has 3 rings (SSSR count). The van der Waals surface area contributed by atoms with Gasteiger partial charge in [0.05, 0.1) is 0 Å². The minimum atomic E-state index is 0.0485. The molecule has 0 bridgehead atoms. The van der Waals surface area contributed by atoms with Crippen molar-refractivity contribution >= 4 is 11.9 Å². The predicted octanol–water partition coefficient (Wildman–Crippen LogP) is 2.31. The van der Waals surface area contributed by atoms with E-state index in [1.807, 2.05) is 25.2 Å². The van der Waals surface area contributed by atoms with Gasteiger partial charge in [-0.3, -0.25) is 9.79 Å². The van der Waals surface area contributed by atoms with Gasteiger partial charge in [0.25, 0.3) is 5.91 Å². The number of piperidine rings is 1. The summed E-state index contributed by atoms with van der Waals surface area (Å²) in [5.74, 6) is 1.81. The molecule has 6 nitrogen and oxygen atoms in total. The molecule has 1 unspecified atom stereocenters. The van der Waals surface area contributed by atoms with Crippen molar-refractivity contribution in [2.75, 3.05) is 60.4 Å². The average molecular weight is 400 g/mol. The van der Waals surface area contributed by atoms with Gasteiger partial charge in [0.2, 0.25) is 0 Å². The van der Waals surface area contributed by atoms with E-state index in [1.54, 1.807) is 19.0 Å². The first-order chi connectivity index (χ1) is 14.1. The molecule has 0 radical (unpaired) electrons. The van der Waals surface area contributed by atoms with Crippen LogP contribution in [0.15, 0.2) is 29.3 Å². The van der Waals surface area contributed by atoms with Crippen LogP contribution < -0.4 is 5.32 Å². The summed E-state index contributed by atoms with van der Waals surface area (Å²) in [5.41, 5.74) is 1.92. The summed E-state index contributed by atoms with van der Waals surface area (Å²) >= 11 is 0. The molecule has 0 aliphatic carbocycles. The standard InChI is InChI=1S/C23H37N5O/c1-24-23(28-15-11-20(18-28)17-27-13-5-4-6-14-27)25-12-10-19-8-7-9-21(16-19)22(29)26(2)3/h7-9,16,20H,4-6,10-15,17-18H2,1-3H3,(H,24,25). The molecule has 2 saturated heterocycles. The summed E-state index contributed by atoms with van der Waals surface area (Å²) in [5, 5.41) is 3.52. The van der Waals surface area contributed by atoms with Crippen LogP contribution in [0.1, 0.15) is 41.6 Å².